The van der Waals surface area contributed by atoms with Crippen molar-refractivity contribution in [3.05, 3.63) is 35.9 Å². The van der Waals surface area contributed by atoms with Crippen molar-refractivity contribution in [2.24, 2.45) is 0 Å². The van der Waals surface area contributed by atoms with Crippen molar-refractivity contribution in [2.75, 3.05) is 0 Å². The summed E-state index contributed by atoms with van der Waals surface area (Å²) in [6, 6.07) is 7.28. The molecular formula is C11H9N3O2. The Balaban J connectivity index is 2.58. The Hall–Kier alpha value is -2.35. The van der Waals surface area contributed by atoms with Gasteiger partial charge in [-0.15, -0.1) is 0 Å². The summed E-state index contributed by atoms with van der Waals surface area (Å²) in [6.45, 7) is 0. The van der Waals surface area contributed by atoms with Gasteiger partial charge in [0.2, 0.25) is 0 Å². The Labute approximate surface area is 91.6 Å². The minimum absolute atomic E-state index is 0.0357. The highest BCUT2D eigenvalue weighted by Crippen LogP contribution is 2.14. The average molecular weight is 215 g/mol. The maximum absolute atomic E-state index is 11.0. The zero-order chi connectivity index (χ0) is 11.5. The molecule has 0 atom stereocenters. The molecule has 0 bridgehead atoms. The lowest BCUT2D eigenvalue weighted by Crippen LogP contribution is -1.97. The molecule has 0 radical (unpaired) electrons. The molecule has 0 fully saturated rings. The molecule has 0 aliphatic heterocycles. The number of carboxylic acid groups (broad SMARTS) is 1. The van der Waals surface area contributed by atoms with Crippen molar-refractivity contribution >= 4 is 11.5 Å². The van der Waals surface area contributed by atoms with Gasteiger partial charge in [0.25, 0.3) is 0 Å². The van der Waals surface area contributed by atoms with Gasteiger partial charge in [-0.25, -0.2) is 9.78 Å². The van der Waals surface area contributed by atoms with Crippen molar-refractivity contribution in [3.63, 3.8) is 0 Å². The summed E-state index contributed by atoms with van der Waals surface area (Å²) >= 11 is 0. The topological polar surface area (TPSA) is 78.4 Å². The van der Waals surface area contributed by atoms with E-state index >= 15 is 0 Å². The lowest BCUT2D eigenvalue weighted by molar-refractivity contribution is 0.0693. The Morgan fingerprint density at radius 3 is 3.06 bits per heavy atom. The summed E-state index contributed by atoms with van der Waals surface area (Å²) < 4.78 is 1.71. The van der Waals surface area contributed by atoms with Gasteiger partial charge in [0, 0.05) is 19.0 Å². The maximum Gasteiger partial charge on any atom is 0.356 e. The molecule has 0 aliphatic carbocycles. The van der Waals surface area contributed by atoms with Crippen molar-refractivity contribution in [3.8, 4) is 6.07 Å². The summed E-state index contributed by atoms with van der Waals surface area (Å²) in [6.07, 6.45) is 2.53. The van der Waals surface area contributed by atoms with Crippen LogP contribution in [-0.2, 0) is 6.42 Å². The number of nitrogens with zero attached hydrogens (tertiary/aromatic N) is 3. The molecule has 2 heterocycles. The summed E-state index contributed by atoms with van der Waals surface area (Å²) in [5.41, 5.74) is 0.594. The molecule has 0 saturated heterocycles. The number of carboxylic acids is 1. The number of nitriles is 1. The number of fused-ring (bicyclic) bond motifs is 1. The van der Waals surface area contributed by atoms with Gasteiger partial charge >= 0.3 is 5.97 Å². The van der Waals surface area contributed by atoms with Crippen LogP contribution >= 0.6 is 0 Å². The third-order valence-corrected chi connectivity index (χ3v) is 2.28. The maximum atomic E-state index is 11.0. The fourth-order valence-corrected chi connectivity index (χ4v) is 1.60. The van der Waals surface area contributed by atoms with Gasteiger partial charge in [-0.3, -0.25) is 0 Å². The number of aromatic carboxylic acids is 1. The molecule has 0 amide bonds. The fraction of sp³-hybridized carbons (Fsp3) is 0.182. The fourth-order valence-electron chi connectivity index (χ4n) is 1.60. The molecule has 0 spiro atoms. The number of imidazole rings is 1. The van der Waals surface area contributed by atoms with E-state index in [1.807, 2.05) is 6.07 Å². The Kier molecular flexibility index (Phi) is 2.56. The number of rotatable bonds is 3. The van der Waals surface area contributed by atoms with Gasteiger partial charge in [-0.2, -0.15) is 5.26 Å². The average Bonchev–Trinajstić information content (AvgIpc) is 2.65. The van der Waals surface area contributed by atoms with Crippen LogP contribution in [0.15, 0.2) is 24.4 Å². The molecule has 0 aliphatic rings. The first-order valence-electron chi connectivity index (χ1n) is 4.80. The van der Waals surface area contributed by atoms with Gasteiger partial charge in [0.05, 0.1) is 11.6 Å². The molecule has 16 heavy (non-hydrogen) atoms. The predicted octanol–water partition coefficient (Wildman–Crippen LogP) is 1.49. The van der Waals surface area contributed by atoms with Crippen LogP contribution < -0.4 is 0 Å². The van der Waals surface area contributed by atoms with Crippen LogP contribution in [0.25, 0.3) is 5.52 Å². The first-order valence-corrected chi connectivity index (χ1v) is 4.80. The quantitative estimate of drug-likeness (QED) is 0.841. The zero-order valence-electron chi connectivity index (χ0n) is 8.42. The van der Waals surface area contributed by atoms with Crippen LogP contribution in [0.2, 0.25) is 0 Å². The second-order valence-electron chi connectivity index (χ2n) is 3.30. The molecule has 5 heteroatoms. The standard InChI is InChI=1S/C11H9N3O2/c12-6-3-5-9-13-10(11(15)16)8-4-1-2-7-14(8)9/h1-2,4,7H,3,5H2,(H,15,16). The molecule has 2 rings (SSSR count). The molecule has 0 saturated carbocycles. The van der Waals surface area contributed by atoms with Crippen LogP contribution in [-0.4, -0.2) is 20.5 Å². The minimum atomic E-state index is -1.05. The lowest BCUT2D eigenvalue weighted by Gasteiger charge is -1.96. The second kappa shape index (κ2) is 4.03. The number of hydrogen-bond donors (Lipinski definition) is 1. The SMILES string of the molecule is N#CCCc1nc(C(=O)O)c2ccccn12. The molecule has 0 unspecified atom stereocenters. The number of pyridine rings is 1. The molecule has 2 aromatic heterocycles. The monoisotopic (exact) mass is 215 g/mol. The van der Waals surface area contributed by atoms with Gasteiger partial charge in [-0.1, -0.05) is 6.07 Å². The lowest BCUT2D eigenvalue weighted by atomic mass is 10.3. The minimum Gasteiger partial charge on any atom is -0.476 e. The predicted molar refractivity (Wildman–Crippen MR) is 56.1 cm³/mol. The highest BCUT2D eigenvalue weighted by atomic mass is 16.4. The van der Waals surface area contributed by atoms with Crippen molar-refractivity contribution in [1.29, 1.82) is 5.26 Å². The van der Waals surface area contributed by atoms with Gasteiger partial charge < -0.3 is 9.51 Å². The Morgan fingerprint density at radius 1 is 1.56 bits per heavy atom. The molecule has 1 N–H and O–H groups in total. The summed E-state index contributed by atoms with van der Waals surface area (Å²) in [7, 11) is 0. The largest absolute Gasteiger partial charge is 0.476 e. The molecule has 5 nitrogen and oxygen atoms in total. The molecule has 0 aromatic carbocycles. The van der Waals surface area contributed by atoms with E-state index in [1.165, 1.54) is 0 Å². The third kappa shape index (κ3) is 1.61. The number of carbonyl (C=O) groups is 1. The van der Waals surface area contributed by atoms with E-state index in [4.69, 9.17) is 10.4 Å². The van der Waals surface area contributed by atoms with E-state index in [1.54, 1.807) is 28.8 Å². The van der Waals surface area contributed by atoms with Gasteiger partial charge in [0.15, 0.2) is 5.69 Å². The van der Waals surface area contributed by atoms with E-state index in [0.717, 1.165) is 0 Å². The van der Waals surface area contributed by atoms with Crippen LogP contribution in [0.1, 0.15) is 22.7 Å². The van der Waals surface area contributed by atoms with Crippen LogP contribution in [0, 0.1) is 11.3 Å². The zero-order valence-corrected chi connectivity index (χ0v) is 8.42. The second-order valence-corrected chi connectivity index (χ2v) is 3.30. The first kappa shape index (κ1) is 10.2. The van der Waals surface area contributed by atoms with Crippen LogP contribution in [0.5, 0.6) is 0 Å². The van der Waals surface area contributed by atoms with Crippen LogP contribution in [0.3, 0.4) is 0 Å². The van der Waals surface area contributed by atoms with E-state index < -0.39 is 5.97 Å². The highest BCUT2D eigenvalue weighted by Gasteiger charge is 2.15. The number of aromatic nitrogens is 2. The summed E-state index contributed by atoms with van der Waals surface area (Å²) in [4.78, 5) is 15.0. The summed E-state index contributed by atoms with van der Waals surface area (Å²) in [5, 5.41) is 17.5. The first-order chi connectivity index (χ1) is 7.74. The number of hydrogen-bond acceptors (Lipinski definition) is 3. The van der Waals surface area contributed by atoms with Crippen molar-refractivity contribution in [2.45, 2.75) is 12.8 Å². The van der Waals surface area contributed by atoms with Crippen LogP contribution in [0.4, 0.5) is 0 Å². The third-order valence-electron chi connectivity index (χ3n) is 2.28. The van der Waals surface area contributed by atoms with E-state index in [0.29, 0.717) is 24.2 Å². The van der Waals surface area contributed by atoms with Gasteiger partial charge in [0.1, 0.15) is 5.82 Å². The number of aryl methyl sites for hydroxylation is 1. The molecule has 80 valence electrons. The smallest absolute Gasteiger partial charge is 0.356 e. The molecular weight excluding hydrogens is 206 g/mol. The van der Waals surface area contributed by atoms with E-state index in [9.17, 15) is 4.79 Å². The molecule has 2 aromatic rings. The van der Waals surface area contributed by atoms with Gasteiger partial charge in [-0.05, 0) is 12.1 Å². The highest BCUT2D eigenvalue weighted by molar-refractivity contribution is 5.93. The summed E-state index contributed by atoms with van der Waals surface area (Å²) in [5.74, 6) is -0.443. The Bertz CT molecular complexity index is 580. The van der Waals surface area contributed by atoms with E-state index in [-0.39, 0.29) is 5.69 Å². The normalized spacial score (nSPS) is 10.2. The van der Waals surface area contributed by atoms with Crippen molar-refractivity contribution < 1.29 is 9.90 Å². The van der Waals surface area contributed by atoms with E-state index in [2.05, 4.69) is 4.98 Å². The van der Waals surface area contributed by atoms with Crippen molar-refractivity contribution in [1.82, 2.24) is 9.38 Å². The Morgan fingerprint density at radius 2 is 2.38 bits per heavy atom.